The van der Waals surface area contributed by atoms with Gasteiger partial charge in [0.2, 0.25) is 0 Å². The van der Waals surface area contributed by atoms with Crippen molar-refractivity contribution in [1.82, 2.24) is 9.80 Å². The minimum Gasteiger partial charge on any atom is -0.393 e. The molecule has 2 rings (SSSR count). The average molecular weight is 198 g/mol. The summed E-state index contributed by atoms with van der Waals surface area (Å²) in [6.07, 6.45) is 3.47. The van der Waals surface area contributed by atoms with Crippen LogP contribution in [0.5, 0.6) is 0 Å². The van der Waals surface area contributed by atoms with E-state index < -0.39 is 0 Å². The van der Waals surface area contributed by atoms with Crippen LogP contribution in [0.2, 0.25) is 0 Å². The summed E-state index contributed by atoms with van der Waals surface area (Å²) in [6, 6.07) is 0.530. The Labute approximate surface area is 84.5 Å². The standard InChI is InChI=1S/C10H18N2O2/c1-11-6-7-12(10(11)14)8-2-4-9(13)5-3-8/h8-9,13H,2-7H2,1H3. The lowest BCUT2D eigenvalue weighted by Crippen LogP contribution is -2.41. The molecule has 1 saturated carbocycles. The maximum atomic E-state index is 11.7. The van der Waals surface area contributed by atoms with Gasteiger partial charge in [-0.15, -0.1) is 0 Å². The molecule has 1 saturated heterocycles. The lowest BCUT2D eigenvalue weighted by molar-refractivity contribution is 0.0900. The molecule has 0 spiro atoms. The molecule has 4 nitrogen and oxygen atoms in total. The second kappa shape index (κ2) is 3.77. The van der Waals surface area contributed by atoms with Gasteiger partial charge in [-0.25, -0.2) is 4.79 Å². The van der Waals surface area contributed by atoms with E-state index in [9.17, 15) is 9.90 Å². The number of aliphatic hydroxyl groups excluding tert-OH is 1. The Kier molecular flexibility index (Phi) is 2.63. The van der Waals surface area contributed by atoms with Crippen molar-refractivity contribution in [3.8, 4) is 0 Å². The Morgan fingerprint density at radius 2 is 1.86 bits per heavy atom. The monoisotopic (exact) mass is 198 g/mol. The number of likely N-dealkylation sites (N-methyl/N-ethyl adjacent to an activating group) is 1. The first-order chi connectivity index (χ1) is 6.68. The molecule has 0 radical (unpaired) electrons. The smallest absolute Gasteiger partial charge is 0.320 e. The minimum atomic E-state index is -0.137. The topological polar surface area (TPSA) is 43.8 Å². The van der Waals surface area contributed by atoms with E-state index in [1.807, 2.05) is 11.9 Å². The molecule has 0 aromatic rings. The van der Waals surface area contributed by atoms with Crippen molar-refractivity contribution in [3.05, 3.63) is 0 Å². The van der Waals surface area contributed by atoms with E-state index in [0.717, 1.165) is 38.8 Å². The molecular weight excluding hydrogens is 180 g/mol. The first kappa shape index (κ1) is 9.77. The third-order valence-corrected chi connectivity index (χ3v) is 3.36. The van der Waals surface area contributed by atoms with Crippen LogP contribution >= 0.6 is 0 Å². The van der Waals surface area contributed by atoms with Gasteiger partial charge in [0, 0.05) is 26.2 Å². The molecular formula is C10H18N2O2. The molecule has 14 heavy (non-hydrogen) atoms. The molecule has 2 fully saturated rings. The summed E-state index contributed by atoms with van der Waals surface area (Å²) < 4.78 is 0. The van der Waals surface area contributed by atoms with Crippen LogP contribution in [0, 0.1) is 0 Å². The fourth-order valence-corrected chi connectivity index (χ4v) is 2.38. The third kappa shape index (κ3) is 1.71. The zero-order valence-corrected chi connectivity index (χ0v) is 8.65. The van der Waals surface area contributed by atoms with E-state index in [1.54, 1.807) is 4.90 Å². The summed E-state index contributed by atoms with van der Waals surface area (Å²) in [7, 11) is 1.85. The fraction of sp³-hybridized carbons (Fsp3) is 0.900. The zero-order chi connectivity index (χ0) is 10.1. The predicted molar refractivity (Wildman–Crippen MR) is 53.0 cm³/mol. The van der Waals surface area contributed by atoms with Crippen LogP contribution in [0.15, 0.2) is 0 Å². The normalized spacial score (nSPS) is 34.0. The lowest BCUT2D eigenvalue weighted by Gasteiger charge is -2.32. The highest BCUT2D eigenvalue weighted by molar-refractivity contribution is 5.76. The third-order valence-electron chi connectivity index (χ3n) is 3.36. The van der Waals surface area contributed by atoms with Crippen molar-refractivity contribution in [3.63, 3.8) is 0 Å². The Hall–Kier alpha value is -0.770. The van der Waals surface area contributed by atoms with Gasteiger partial charge in [-0.2, -0.15) is 0 Å². The highest BCUT2D eigenvalue weighted by Gasteiger charge is 2.33. The van der Waals surface area contributed by atoms with Gasteiger partial charge in [-0.05, 0) is 25.7 Å². The zero-order valence-electron chi connectivity index (χ0n) is 8.65. The maximum Gasteiger partial charge on any atom is 0.320 e. The molecule has 0 atom stereocenters. The van der Waals surface area contributed by atoms with Gasteiger partial charge in [0.15, 0.2) is 0 Å². The number of nitrogens with zero attached hydrogens (tertiary/aromatic N) is 2. The molecule has 1 aliphatic heterocycles. The quantitative estimate of drug-likeness (QED) is 0.672. The van der Waals surface area contributed by atoms with Gasteiger partial charge < -0.3 is 14.9 Å². The summed E-state index contributed by atoms with van der Waals surface area (Å²) in [4.78, 5) is 15.4. The van der Waals surface area contributed by atoms with Crippen LogP contribution in [-0.2, 0) is 0 Å². The Bertz CT molecular complexity index is 224. The van der Waals surface area contributed by atoms with Crippen molar-refractivity contribution >= 4 is 6.03 Å². The van der Waals surface area contributed by atoms with Gasteiger partial charge in [-0.1, -0.05) is 0 Å². The summed E-state index contributed by atoms with van der Waals surface area (Å²) in [5.41, 5.74) is 0. The van der Waals surface area contributed by atoms with Gasteiger partial charge in [0.05, 0.1) is 6.10 Å². The second-order valence-corrected chi connectivity index (χ2v) is 4.36. The van der Waals surface area contributed by atoms with Gasteiger partial charge >= 0.3 is 6.03 Å². The van der Waals surface area contributed by atoms with Crippen molar-refractivity contribution in [2.75, 3.05) is 20.1 Å². The average Bonchev–Trinajstić information content (AvgIpc) is 2.50. The van der Waals surface area contributed by atoms with Gasteiger partial charge in [-0.3, -0.25) is 0 Å². The van der Waals surface area contributed by atoms with Gasteiger partial charge in [0.1, 0.15) is 0 Å². The number of carbonyl (C=O) groups is 1. The van der Waals surface area contributed by atoms with Crippen molar-refractivity contribution in [2.45, 2.75) is 37.8 Å². The molecule has 1 aliphatic carbocycles. The number of amides is 2. The second-order valence-electron chi connectivity index (χ2n) is 4.36. The highest BCUT2D eigenvalue weighted by atomic mass is 16.3. The molecule has 0 aromatic carbocycles. The number of carbonyl (C=O) groups excluding carboxylic acids is 1. The summed E-state index contributed by atoms with van der Waals surface area (Å²) in [5.74, 6) is 0. The molecule has 4 heteroatoms. The highest BCUT2D eigenvalue weighted by Crippen LogP contribution is 2.25. The molecule has 0 bridgehead atoms. The van der Waals surface area contributed by atoms with Gasteiger partial charge in [0.25, 0.3) is 0 Å². The van der Waals surface area contributed by atoms with Crippen LogP contribution in [0.3, 0.4) is 0 Å². The summed E-state index contributed by atoms with van der Waals surface area (Å²) in [6.45, 7) is 1.70. The minimum absolute atomic E-state index is 0.137. The Morgan fingerprint density at radius 1 is 1.21 bits per heavy atom. The molecule has 80 valence electrons. The van der Waals surface area contributed by atoms with E-state index >= 15 is 0 Å². The van der Waals surface area contributed by atoms with E-state index in [0.29, 0.717) is 6.04 Å². The van der Waals surface area contributed by atoms with Crippen LogP contribution < -0.4 is 0 Å². The number of urea groups is 1. The Balaban J connectivity index is 1.93. The first-order valence-electron chi connectivity index (χ1n) is 5.38. The molecule has 1 N–H and O–H groups in total. The maximum absolute atomic E-state index is 11.7. The number of hydrogen-bond acceptors (Lipinski definition) is 2. The Morgan fingerprint density at radius 3 is 2.36 bits per heavy atom. The van der Waals surface area contributed by atoms with Crippen molar-refractivity contribution in [1.29, 1.82) is 0 Å². The molecule has 1 heterocycles. The summed E-state index contributed by atoms with van der Waals surface area (Å²) >= 11 is 0. The number of aliphatic hydroxyl groups is 1. The predicted octanol–water partition coefficient (Wildman–Crippen LogP) is 0.657. The van der Waals surface area contributed by atoms with Crippen LogP contribution in [0.1, 0.15) is 25.7 Å². The van der Waals surface area contributed by atoms with E-state index in [4.69, 9.17) is 0 Å². The molecule has 0 aromatic heterocycles. The van der Waals surface area contributed by atoms with Crippen LogP contribution in [-0.4, -0.2) is 53.2 Å². The SMILES string of the molecule is CN1CCN(C2CCC(O)CC2)C1=O. The molecule has 2 aliphatic rings. The van der Waals surface area contributed by atoms with E-state index in [2.05, 4.69) is 0 Å². The van der Waals surface area contributed by atoms with Crippen molar-refractivity contribution < 1.29 is 9.90 Å². The summed E-state index contributed by atoms with van der Waals surface area (Å²) in [5, 5.41) is 9.37. The lowest BCUT2D eigenvalue weighted by atomic mass is 9.92. The van der Waals surface area contributed by atoms with E-state index in [1.165, 1.54) is 0 Å². The largest absolute Gasteiger partial charge is 0.393 e. The first-order valence-corrected chi connectivity index (χ1v) is 5.38. The molecule has 0 unspecified atom stereocenters. The molecule has 2 amide bonds. The van der Waals surface area contributed by atoms with E-state index in [-0.39, 0.29) is 12.1 Å². The fourth-order valence-electron chi connectivity index (χ4n) is 2.38. The van der Waals surface area contributed by atoms with Crippen LogP contribution in [0.4, 0.5) is 4.79 Å². The number of rotatable bonds is 1. The van der Waals surface area contributed by atoms with Crippen LogP contribution in [0.25, 0.3) is 0 Å². The number of hydrogen-bond donors (Lipinski definition) is 1. The van der Waals surface area contributed by atoms with Crippen molar-refractivity contribution in [2.24, 2.45) is 0 Å².